The molecule has 0 amide bonds. The Morgan fingerprint density at radius 2 is 1.95 bits per heavy atom. The maximum atomic E-state index is 11.3. The largest absolute Gasteiger partial charge is 0.377 e. The lowest BCUT2D eigenvalue weighted by molar-refractivity contribution is -0.383. The minimum atomic E-state index is -0.745. The highest BCUT2D eigenvalue weighted by Gasteiger charge is 2.23. The van der Waals surface area contributed by atoms with Gasteiger partial charge >= 0.3 is 5.69 Å². The first-order valence-electron chi connectivity index (χ1n) is 5.97. The zero-order valence-corrected chi connectivity index (χ0v) is 11.1. The van der Waals surface area contributed by atoms with Gasteiger partial charge in [0, 0.05) is 28.3 Å². The minimum absolute atomic E-state index is 0.0586. The number of hydrogen-bond donors (Lipinski definition) is 3. The van der Waals surface area contributed by atoms with Gasteiger partial charge in [-0.2, -0.15) is 0 Å². The number of rotatable bonds is 4. The molecule has 104 valence electrons. The summed E-state index contributed by atoms with van der Waals surface area (Å²) in [7, 11) is -0.745. The second-order valence-corrected chi connectivity index (χ2v) is 6.07. The van der Waals surface area contributed by atoms with Crippen molar-refractivity contribution in [2.24, 2.45) is 5.84 Å². The summed E-state index contributed by atoms with van der Waals surface area (Å²) < 4.78 is 11.3. The second-order valence-electron chi connectivity index (χ2n) is 4.37. The van der Waals surface area contributed by atoms with E-state index >= 15 is 0 Å². The molecule has 0 aromatic heterocycles. The molecular formula is C11H16N4O3S. The van der Waals surface area contributed by atoms with Crippen LogP contribution in [0.3, 0.4) is 0 Å². The van der Waals surface area contributed by atoms with Gasteiger partial charge in [0.05, 0.1) is 4.92 Å². The fourth-order valence-electron chi connectivity index (χ4n) is 2.13. The second kappa shape index (κ2) is 5.98. The van der Waals surface area contributed by atoms with Gasteiger partial charge in [-0.05, 0) is 25.0 Å². The third-order valence-electron chi connectivity index (χ3n) is 3.12. The molecule has 0 unspecified atom stereocenters. The number of nitrogens with two attached hydrogens (primary N) is 1. The zero-order chi connectivity index (χ0) is 13.8. The number of hydrazine groups is 1. The Kier molecular flexibility index (Phi) is 4.33. The SMILES string of the molecule is NNc1cccc(NC2CCS(=O)CC2)c1[N+](=O)[O-]. The standard InChI is InChI=1S/C11H16N4O3S/c12-14-10-3-1-2-9(11(10)15(16)17)13-8-4-6-19(18)7-5-8/h1-3,8,13-14H,4-7,12H2. The summed E-state index contributed by atoms with van der Waals surface area (Å²) in [6.45, 7) is 0. The van der Waals surface area contributed by atoms with Crippen LogP contribution in [0, 0.1) is 10.1 Å². The van der Waals surface area contributed by atoms with Crippen molar-refractivity contribution in [1.29, 1.82) is 0 Å². The van der Waals surface area contributed by atoms with Gasteiger partial charge in [-0.15, -0.1) is 0 Å². The summed E-state index contributed by atoms with van der Waals surface area (Å²) in [5, 5.41) is 14.3. The van der Waals surface area contributed by atoms with E-state index in [2.05, 4.69) is 10.7 Å². The number of para-hydroxylation sites is 1. The van der Waals surface area contributed by atoms with Gasteiger partial charge in [0.1, 0.15) is 11.4 Å². The lowest BCUT2D eigenvalue weighted by Gasteiger charge is -2.23. The van der Waals surface area contributed by atoms with Gasteiger partial charge in [-0.3, -0.25) is 20.2 Å². The van der Waals surface area contributed by atoms with Gasteiger partial charge in [-0.25, -0.2) is 0 Å². The van der Waals surface area contributed by atoms with Gasteiger partial charge in [0.25, 0.3) is 0 Å². The molecule has 1 saturated heterocycles. The lowest BCUT2D eigenvalue weighted by atomic mass is 10.1. The van der Waals surface area contributed by atoms with E-state index in [0.29, 0.717) is 17.2 Å². The predicted octanol–water partition coefficient (Wildman–Crippen LogP) is 1.20. The van der Waals surface area contributed by atoms with E-state index in [9.17, 15) is 14.3 Å². The number of nitro benzene ring substituents is 1. The van der Waals surface area contributed by atoms with E-state index in [-0.39, 0.29) is 17.4 Å². The summed E-state index contributed by atoms with van der Waals surface area (Å²) in [6.07, 6.45) is 1.51. The van der Waals surface area contributed by atoms with E-state index in [1.165, 1.54) is 0 Å². The van der Waals surface area contributed by atoms with Crippen molar-refractivity contribution in [3.63, 3.8) is 0 Å². The molecule has 0 spiro atoms. The van der Waals surface area contributed by atoms with E-state index < -0.39 is 15.7 Å². The Labute approximate surface area is 113 Å². The number of hydrogen-bond acceptors (Lipinski definition) is 6. The molecule has 19 heavy (non-hydrogen) atoms. The number of nitrogens with zero attached hydrogens (tertiary/aromatic N) is 1. The number of nitro groups is 1. The highest BCUT2D eigenvalue weighted by atomic mass is 32.2. The molecule has 4 N–H and O–H groups in total. The maximum Gasteiger partial charge on any atom is 0.316 e. The van der Waals surface area contributed by atoms with Crippen LogP contribution in [0.4, 0.5) is 17.1 Å². The van der Waals surface area contributed by atoms with Crippen LogP contribution >= 0.6 is 0 Å². The summed E-state index contributed by atoms with van der Waals surface area (Å²) >= 11 is 0. The van der Waals surface area contributed by atoms with Crippen molar-refractivity contribution in [3.8, 4) is 0 Å². The van der Waals surface area contributed by atoms with Crippen molar-refractivity contribution in [1.82, 2.24) is 0 Å². The molecule has 8 heteroatoms. The quantitative estimate of drug-likeness (QED) is 0.435. The van der Waals surface area contributed by atoms with Crippen LogP contribution in [0.2, 0.25) is 0 Å². The van der Waals surface area contributed by atoms with E-state index in [1.807, 2.05) is 0 Å². The molecule has 1 aromatic rings. The molecule has 1 aliphatic rings. The molecule has 0 bridgehead atoms. The Bertz CT molecular complexity index is 499. The van der Waals surface area contributed by atoms with Crippen molar-refractivity contribution < 1.29 is 9.13 Å². The number of benzene rings is 1. The number of anilines is 2. The van der Waals surface area contributed by atoms with Crippen LogP contribution in [-0.4, -0.2) is 26.7 Å². The van der Waals surface area contributed by atoms with Crippen LogP contribution in [0.15, 0.2) is 18.2 Å². The van der Waals surface area contributed by atoms with Crippen LogP contribution in [0.5, 0.6) is 0 Å². The third-order valence-corrected chi connectivity index (χ3v) is 4.50. The van der Waals surface area contributed by atoms with Crippen LogP contribution in [0.1, 0.15) is 12.8 Å². The Balaban J connectivity index is 2.20. The molecule has 1 heterocycles. The Morgan fingerprint density at radius 1 is 1.32 bits per heavy atom. The molecular weight excluding hydrogens is 268 g/mol. The van der Waals surface area contributed by atoms with Crippen molar-refractivity contribution in [2.75, 3.05) is 22.2 Å². The van der Waals surface area contributed by atoms with Crippen molar-refractivity contribution in [2.45, 2.75) is 18.9 Å². The summed E-state index contributed by atoms with van der Waals surface area (Å²) in [5.74, 6) is 6.56. The molecule has 0 radical (unpaired) electrons. The van der Waals surface area contributed by atoms with Crippen LogP contribution in [0.25, 0.3) is 0 Å². The topological polar surface area (TPSA) is 110 Å². The minimum Gasteiger partial charge on any atom is -0.377 e. The fourth-order valence-corrected chi connectivity index (χ4v) is 3.43. The molecule has 1 fully saturated rings. The summed E-state index contributed by atoms with van der Waals surface area (Å²) in [5.41, 5.74) is 2.99. The fraction of sp³-hybridized carbons (Fsp3) is 0.455. The molecule has 1 aliphatic heterocycles. The van der Waals surface area contributed by atoms with Crippen molar-refractivity contribution >= 4 is 27.9 Å². The first kappa shape index (κ1) is 13.8. The predicted molar refractivity (Wildman–Crippen MR) is 75.4 cm³/mol. The monoisotopic (exact) mass is 284 g/mol. The molecule has 0 saturated carbocycles. The van der Waals surface area contributed by atoms with E-state index in [4.69, 9.17) is 5.84 Å². The maximum absolute atomic E-state index is 11.3. The molecule has 2 rings (SSSR count). The highest BCUT2D eigenvalue weighted by molar-refractivity contribution is 7.85. The van der Waals surface area contributed by atoms with E-state index in [0.717, 1.165) is 12.8 Å². The normalized spacial score (nSPS) is 22.8. The molecule has 0 aliphatic carbocycles. The highest BCUT2D eigenvalue weighted by Crippen LogP contribution is 2.33. The van der Waals surface area contributed by atoms with Crippen molar-refractivity contribution in [3.05, 3.63) is 28.3 Å². The first-order chi connectivity index (χ1) is 9.11. The van der Waals surface area contributed by atoms with Crippen LogP contribution in [-0.2, 0) is 10.8 Å². The first-order valence-corrected chi connectivity index (χ1v) is 7.46. The number of nitrogens with one attached hydrogen (secondary N) is 2. The molecule has 7 nitrogen and oxygen atoms in total. The third kappa shape index (κ3) is 3.21. The average Bonchev–Trinajstić information content (AvgIpc) is 2.40. The Morgan fingerprint density at radius 3 is 2.53 bits per heavy atom. The van der Waals surface area contributed by atoms with Gasteiger partial charge < -0.3 is 10.7 Å². The summed E-state index contributed by atoms with van der Waals surface area (Å²) in [6, 6.07) is 5.03. The number of nitrogen functional groups attached to an aromatic ring is 1. The Hall–Kier alpha value is -1.67. The van der Waals surface area contributed by atoms with Gasteiger partial charge in [0.2, 0.25) is 0 Å². The molecule has 1 aromatic carbocycles. The van der Waals surface area contributed by atoms with Crippen LogP contribution < -0.4 is 16.6 Å². The lowest BCUT2D eigenvalue weighted by Crippen LogP contribution is -2.29. The summed E-state index contributed by atoms with van der Waals surface area (Å²) in [4.78, 5) is 10.7. The average molecular weight is 284 g/mol. The van der Waals surface area contributed by atoms with Gasteiger partial charge in [0.15, 0.2) is 0 Å². The smallest absolute Gasteiger partial charge is 0.316 e. The molecule has 0 atom stereocenters. The zero-order valence-electron chi connectivity index (χ0n) is 10.3. The van der Waals surface area contributed by atoms with E-state index in [1.54, 1.807) is 18.2 Å². The van der Waals surface area contributed by atoms with Gasteiger partial charge in [-0.1, -0.05) is 6.07 Å².